The summed E-state index contributed by atoms with van der Waals surface area (Å²) >= 11 is 0. The average Bonchev–Trinajstić information content (AvgIpc) is 1.97. The van der Waals surface area contributed by atoms with Crippen LogP contribution in [0.25, 0.3) is 0 Å². The van der Waals surface area contributed by atoms with Gasteiger partial charge in [0.05, 0.1) is 7.11 Å². The molecule has 3 nitrogen and oxygen atoms in total. The highest BCUT2D eigenvalue weighted by molar-refractivity contribution is 5.82. The van der Waals surface area contributed by atoms with Gasteiger partial charge in [-0.3, -0.25) is 4.79 Å². The van der Waals surface area contributed by atoms with Crippen LogP contribution in [0, 0.1) is 5.41 Å². The molecule has 2 rings (SSSR count). The quantitative estimate of drug-likeness (QED) is 0.617. The van der Waals surface area contributed by atoms with Crippen molar-refractivity contribution < 1.29 is 13.9 Å². The van der Waals surface area contributed by atoms with Crippen LogP contribution >= 0.6 is 0 Å². The standard InChI is InChI=1S/C9H14FNO2/c1-13-7(12)9(11)4-8(5-9)2-6(10)3-8/h6H,2-5,11H2,1H3. The maximum absolute atomic E-state index is 12.6. The van der Waals surface area contributed by atoms with Gasteiger partial charge in [0.2, 0.25) is 0 Å². The fraction of sp³-hybridized carbons (Fsp3) is 0.889. The fourth-order valence-electron chi connectivity index (χ4n) is 2.80. The Morgan fingerprint density at radius 3 is 2.46 bits per heavy atom. The molecule has 0 aliphatic heterocycles. The molecule has 0 aromatic heterocycles. The first-order valence-electron chi connectivity index (χ1n) is 4.51. The first-order valence-corrected chi connectivity index (χ1v) is 4.51. The van der Waals surface area contributed by atoms with E-state index in [1.165, 1.54) is 7.11 Å². The average molecular weight is 187 g/mol. The molecule has 0 saturated heterocycles. The van der Waals surface area contributed by atoms with Crippen molar-refractivity contribution in [2.45, 2.75) is 37.4 Å². The van der Waals surface area contributed by atoms with Crippen molar-refractivity contribution in [3.63, 3.8) is 0 Å². The van der Waals surface area contributed by atoms with Crippen LogP contribution in [0.4, 0.5) is 4.39 Å². The summed E-state index contributed by atoms with van der Waals surface area (Å²) in [5, 5.41) is 0. The summed E-state index contributed by atoms with van der Waals surface area (Å²) < 4.78 is 17.2. The normalized spacial score (nSPS) is 48.1. The molecule has 0 unspecified atom stereocenters. The van der Waals surface area contributed by atoms with Gasteiger partial charge in [0.15, 0.2) is 0 Å². The van der Waals surface area contributed by atoms with E-state index in [0.717, 1.165) is 0 Å². The SMILES string of the molecule is COC(=O)C1(N)CC2(CC(F)C2)C1. The van der Waals surface area contributed by atoms with Crippen molar-refractivity contribution in [2.75, 3.05) is 7.11 Å². The minimum absolute atomic E-state index is 0.0301. The van der Waals surface area contributed by atoms with E-state index < -0.39 is 11.7 Å². The van der Waals surface area contributed by atoms with Gasteiger partial charge in [0.1, 0.15) is 11.7 Å². The van der Waals surface area contributed by atoms with E-state index in [0.29, 0.717) is 25.7 Å². The molecule has 74 valence electrons. The van der Waals surface area contributed by atoms with Crippen molar-refractivity contribution in [1.82, 2.24) is 0 Å². The molecular formula is C9H14FNO2. The largest absolute Gasteiger partial charge is 0.468 e. The number of rotatable bonds is 1. The number of halogens is 1. The lowest BCUT2D eigenvalue weighted by molar-refractivity contribution is -0.167. The molecule has 0 radical (unpaired) electrons. The predicted molar refractivity (Wildman–Crippen MR) is 44.7 cm³/mol. The van der Waals surface area contributed by atoms with Crippen LogP contribution in [0.5, 0.6) is 0 Å². The van der Waals surface area contributed by atoms with Gasteiger partial charge in [-0.25, -0.2) is 4.39 Å². The Kier molecular flexibility index (Phi) is 1.68. The number of carbonyl (C=O) groups excluding carboxylic acids is 1. The number of hydrogen-bond acceptors (Lipinski definition) is 3. The molecule has 1 spiro atoms. The number of ether oxygens (including phenoxy) is 1. The van der Waals surface area contributed by atoms with Gasteiger partial charge in [-0.1, -0.05) is 0 Å². The summed E-state index contributed by atoms with van der Waals surface area (Å²) in [5.74, 6) is -0.361. The molecule has 2 saturated carbocycles. The van der Waals surface area contributed by atoms with E-state index in [2.05, 4.69) is 4.74 Å². The number of esters is 1. The number of hydrogen-bond donors (Lipinski definition) is 1. The zero-order valence-electron chi connectivity index (χ0n) is 7.68. The van der Waals surface area contributed by atoms with Crippen molar-refractivity contribution in [3.8, 4) is 0 Å². The third-order valence-corrected chi connectivity index (χ3v) is 3.28. The summed E-state index contributed by atoms with van der Waals surface area (Å²) in [4.78, 5) is 11.2. The topological polar surface area (TPSA) is 52.3 Å². The van der Waals surface area contributed by atoms with Gasteiger partial charge in [-0.05, 0) is 31.1 Å². The zero-order chi connectivity index (χ0) is 9.69. The van der Waals surface area contributed by atoms with Crippen molar-refractivity contribution in [3.05, 3.63) is 0 Å². The second kappa shape index (κ2) is 2.44. The summed E-state index contributed by atoms with van der Waals surface area (Å²) in [6.07, 6.45) is 1.65. The van der Waals surface area contributed by atoms with E-state index >= 15 is 0 Å². The monoisotopic (exact) mass is 187 g/mol. The third-order valence-electron chi connectivity index (χ3n) is 3.28. The molecule has 0 heterocycles. The first kappa shape index (κ1) is 8.94. The predicted octanol–water partition coefficient (Wildman–Crippen LogP) is 0.769. The van der Waals surface area contributed by atoms with Crippen molar-refractivity contribution in [2.24, 2.45) is 11.1 Å². The molecule has 0 bridgehead atoms. The second-order valence-corrected chi connectivity index (χ2v) is 4.51. The Labute approximate surface area is 76.4 Å². The smallest absolute Gasteiger partial charge is 0.325 e. The van der Waals surface area contributed by atoms with Crippen LogP contribution in [0.1, 0.15) is 25.7 Å². The maximum atomic E-state index is 12.6. The molecule has 0 aromatic carbocycles. The molecule has 13 heavy (non-hydrogen) atoms. The Hall–Kier alpha value is -0.640. The second-order valence-electron chi connectivity index (χ2n) is 4.51. The van der Waals surface area contributed by atoms with Crippen LogP contribution in [0.15, 0.2) is 0 Å². The molecule has 4 heteroatoms. The third kappa shape index (κ3) is 1.15. The van der Waals surface area contributed by atoms with E-state index in [9.17, 15) is 9.18 Å². The number of nitrogens with two attached hydrogens (primary N) is 1. The van der Waals surface area contributed by atoms with Crippen molar-refractivity contribution in [1.29, 1.82) is 0 Å². The Bertz CT molecular complexity index is 240. The fourth-order valence-corrected chi connectivity index (χ4v) is 2.80. The summed E-state index contributed by atoms with van der Waals surface area (Å²) in [6.45, 7) is 0. The molecule has 2 fully saturated rings. The number of methoxy groups -OCH3 is 1. The minimum atomic E-state index is -0.825. The highest BCUT2D eigenvalue weighted by Crippen LogP contribution is 2.60. The first-order chi connectivity index (χ1) is 6.00. The van der Waals surface area contributed by atoms with Gasteiger partial charge in [0.25, 0.3) is 0 Å². The molecule has 0 atom stereocenters. The molecular weight excluding hydrogens is 173 g/mol. The molecule has 2 N–H and O–H groups in total. The Morgan fingerprint density at radius 2 is 2.08 bits per heavy atom. The summed E-state index contributed by atoms with van der Waals surface area (Å²) in [6, 6.07) is 0. The van der Waals surface area contributed by atoms with E-state index in [1.54, 1.807) is 0 Å². The lowest BCUT2D eigenvalue weighted by Gasteiger charge is -2.58. The van der Waals surface area contributed by atoms with Crippen LogP contribution < -0.4 is 5.73 Å². The molecule has 2 aliphatic carbocycles. The summed E-state index contributed by atoms with van der Waals surface area (Å²) in [7, 11) is 1.33. The van der Waals surface area contributed by atoms with Crippen LogP contribution in [-0.4, -0.2) is 24.8 Å². The van der Waals surface area contributed by atoms with Crippen LogP contribution in [0.3, 0.4) is 0 Å². The van der Waals surface area contributed by atoms with Crippen molar-refractivity contribution >= 4 is 5.97 Å². The van der Waals surface area contributed by atoms with Crippen LogP contribution in [0.2, 0.25) is 0 Å². The molecule has 0 aromatic rings. The molecule has 2 aliphatic rings. The maximum Gasteiger partial charge on any atom is 0.325 e. The minimum Gasteiger partial charge on any atom is -0.468 e. The lowest BCUT2D eigenvalue weighted by Crippen LogP contribution is -2.67. The Balaban J connectivity index is 1.93. The molecule has 0 amide bonds. The van der Waals surface area contributed by atoms with E-state index in [1.807, 2.05) is 0 Å². The van der Waals surface area contributed by atoms with Gasteiger partial charge in [0, 0.05) is 0 Å². The van der Waals surface area contributed by atoms with E-state index in [-0.39, 0.29) is 11.4 Å². The van der Waals surface area contributed by atoms with E-state index in [4.69, 9.17) is 5.73 Å². The Morgan fingerprint density at radius 1 is 1.54 bits per heavy atom. The highest BCUT2D eigenvalue weighted by Gasteiger charge is 2.62. The number of alkyl halides is 1. The highest BCUT2D eigenvalue weighted by atomic mass is 19.1. The number of carbonyl (C=O) groups is 1. The lowest BCUT2D eigenvalue weighted by atomic mass is 9.48. The zero-order valence-corrected chi connectivity index (χ0v) is 7.68. The van der Waals surface area contributed by atoms with Gasteiger partial charge in [-0.2, -0.15) is 0 Å². The summed E-state index contributed by atoms with van der Waals surface area (Å²) in [5.41, 5.74) is 5.00. The van der Waals surface area contributed by atoms with Crippen LogP contribution in [-0.2, 0) is 9.53 Å². The van der Waals surface area contributed by atoms with Gasteiger partial charge in [-0.15, -0.1) is 0 Å². The van der Waals surface area contributed by atoms with Gasteiger partial charge >= 0.3 is 5.97 Å². The van der Waals surface area contributed by atoms with Gasteiger partial charge < -0.3 is 10.5 Å².